The molecule has 132 valence electrons. The second-order valence-corrected chi connectivity index (χ2v) is 7.56. The van der Waals surface area contributed by atoms with Crippen LogP contribution in [0, 0.1) is 13.8 Å². The number of nitrogens with one attached hydrogen (secondary N) is 2. The number of hydrogen-bond donors (Lipinski definition) is 3. The summed E-state index contributed by atoms with van der Waals surface area (Å²) in [5.74, 6) is 0. The van der Waals surface area contributed by atoms with Crippen molar-refractivity contribution in [1.29, 1.82) is 0 Å². The number of hydrogen-bond acceptors (Lipinski definition) is 3. The lowest BCUT2D eigenvalue weighted by Crippen LogP contribution is -2.26. The Morgan fingerprint density at radius 3 is 2.67 bits per heavy atom. The predicted molar refractivity (Wildman–Crippen MR) is 99.9 cm³/mol. The van der Waals surface area contributed by atoms with Gasteiger partial charge in [-0.15, -0.1) is 0 Å². The monoisotopic (exact) mass is 329 g/mol. The number of aromatic amines is 1. The molecular formula is C20H31N3O. The second-order valence-electron chi connectivity index (χ2n) is 7.56. The minimum absolute atomic E-state index is 0.412. The Kier molecular flexibility index (Phi) is 6.19. The first-order valence-electron chi connectivity index (χ1n) is 8.82. The molecule has 1 aromatic carbocycles. The largest absolute Gasteiger partial charge is 0.390 e. The van der Waals surface area contributed by atoms with Crippen molar-refractivity contribution in [3.63, 3.8) is 0 Å². The molecule has 2 aromatic rings. The van der Waals surface area contributed by atoms with Gasteiger partial charge in [-0.2, -0.15) is 5.10 Å². The Bertz CT molecular complexity index is 655. The molecule has 2 rings (SSSR count). The average molecular weight is 329 g/mol. The Hall–Kier alpha value is -1.65. The molecule has 0 aliphatic heterocycles. The highest BCUT2D eigenvalue weighted by atomic mass is 16.3. The third kappa shape index (κ3) is 5.46. The van der Waals surface area contributed by atoms with Gasteiger partial charge in [0.15, 0.2) is 0 Å². The van der Waals surface area contributed by atoms with Crippen molar-refractivity contribution >= 4 is 0 Å². The minimum atomic E-state index is -0.569. The van der Waals surface area contributed by atoms with Gasteiger partial charge in [-0.25, -0.2) is 0 Å². The molecule has 0 aliphatic rings. The van der Waals surface area contributed by atoms with Crippen LogP contribution in [0.2, 0.25) is 0 Å². The van der Waals surface area contributed by atoms with Gasteiger partial charge in [0.1, 0.15) is 0 Å². The van der Waals surface area contributed by atoms with Gasteiger partial charge in [0.05, 0.1) is 17.5 Å². The van der Waals surface area contributed by atoms with Gasteiger partial charge in [0, 0.05) is 23.7 Å². The molecule has 0 amide bonds. The van der Waals surface area contributed by atoms with E-state index in [1.165, 1.54) is 22.3 Å². The van der Waals surface area contributed by atoms with Crippen molar-refractivity contribution in [2.45, 2.75) is 72.1 Å². The molecule has 0 spiro atoms. The third-order valence-corrected chi connectivity index (χ3v) is 4.58. The van der Waals surface area contributed by atoms with Gasteiger partial charge in [-0.05, 0) is 71.1 Å². The molecule has 4 nitrogen and oxygen atoms in total. The summed E-state index contributed by atoms with van der Waals surface area (Å²) in [5, 5.41) is 20.7. The van der Waals surface area contributed by atoms with E-state index in [-0.39, 0.29) is 0 Å². The number of benzene rings is 1. The van der Waals surface area contributed by atoms with E-state index in [0.29, 0.717) is 6.04 Å². The van der Waals surface area contributed by atoms with Crippen LogP contribution in [0.3, 0.4) is 0 Å². The molecule has 4 heteroatoms. The maximum absolute atomic E-state index is 9.78. The molecular weight excluding hydrogens is 298 g/mol. The first-order valence-corrected chi connectivity index (χ1v) is 8.82. The maximum atomic E-state index is 9.78. The van der Waals surface area contributed by atoms with E-state index < -0.39 is 5.60 Å². The summed E-state index contributed by atoms with van der Waals surface area (Å²) in [6, 6.07) is 6.92. The molecule has 0 radical (unpaired) electrons. The molecule has 24 heavy (non-hydrogen) atoms. The number of aromatic nitrogens is 2. The Morgan fingerprint density at radius 2 is 2.00 bits per heavy atom. The summed E-state index contributed by atoms with van der Waals surface area (Å²) < 4.78 is 0. The fraction of sp³-hybridized carbons (Fsp3) is 0.550. The normalized spacial score (nSPS) is 13.2. The fourth-order valence-electron chi connectivity index (χ4n) is 2.82. The lowest BCUT2D eigenvalue weighted by Gasteiger charge is -2.19. The van der Waals surface area contributed by atoms with Gasteiger partial charge < -0.3 is 10.4 Å². The molecule has 1 aromatic heterocycles. The van der Waals surface area contributed by atoms with Crippen molar-refractivity contribution in [3.05, 3.63) is 41.1 Å². The van der Waals surface area contributed by atoms with Crippen molar-refractivity contribution in [2.75, 3.05) is 0 Å². The summed E-state index contributed by atoms with van der Waals surface area (Å²) in [7, 11) is 0. The molecule has 1 atom stereocenters. The molecule has 0 saturated carbocycles. The Morgan fingerprint density at radius 1 is 1.25 bits per heavy atom. The minimum Gasteiger partial charge on any atom is -0.390 e. The highest BCUT2D eigenvalue weighted by molar-refractivity contribution is 5.64. The topological polar surface area (TPSA) is 60.9 Å². The number of aliphatic hydroxyl groups is 1. The zero-order valence-corrected chi connectivity index (χ0v) is 15.6. The van der Waals surface area contributed by atoms with Crippen LogP contribution in [0.25, 0.3) is 11.3 Å². The number of rotatable bonds is 8. The lowest BCUT2D eigenvalue weighted by molar-refractivity contribution is 0.0675. The summed E-state index contributed by atoms with van der Waals surface area (Å²) in [4.78, 5) is 0. The fourth-order valence-corrected chi connectivity index (χ4v) is 2.82. The van der Waals surface area contributed by atoms with Crippen molar-refractivity contribution in [2.24, 2.45) is 0 Å². The van der Waals surface area contributed by atoms with Crippen LogP contribution in [-0.2, 0) is 6.54 Å². The van der Waals surface area contributed by atoms with Gasteiger partial charge in [0.2, 0.25) is 0 Å². The van der Waals surface area contributed by atoms with Crippen molar-refractivity contribution in [3.8, 4) is 11.3 Å². The van der Waals surface area contributed by atoms with E-state index in [2.05, 4.69) is 54.5 Å². The first-order chi connectivity index (χ1) is 11.3. The van der Waals surface area contributed by atoms with Gasteiger partial charge in [-0.3, -0.25) is 5.10 Å². The molecule has 0 aliphatic carbocycles. The standard InChI is InChI=1S/C20H31N3O/c1-14-8-9-17(11-15(14)2)19-18(13-22-23-19)12-21-16(3)7-6-10-20(4,5)24/h8-9,11,13,16,21,24H,6-7,10,12H2,1-5H3,(H,22,23)/t16-/m1/s1. The molecule has 3 N–H and O–H groups in total. The van der Waals surface area contributed by atoms with E-state index in [9.17, 15) is 5.11 Å². The van der Waals surface area contributed by atoms with E-state index in [1.807, 2.05) is 20.0 Å². The van der Waals surface area contributed by atoms with Crippen LogP contribution >= 0.6 is 0 Å². The van der Waals surface area contributed by atoms with Gasteiger partial charge in [0.25, 0.3) is 0 Å². The number of nitrogens with zero attached hydrogens (tertiary/aromatic N) is 1. The maximum Gasteiger partial charge on any atom is 0.0695 e. The van der Waals surface area contributed by atoms with Gasteiger partial charge in [-0.1, -0.05) is 12.1 Å². The third-order valence-electron chi connectivity index (χ3n) is 4.58. The average Bonchev–Trinajstić information content (AvgIpc) is 2.95. The molecule has 0 fully saturated rings. The van der Waals surface area contributed by atoms with Crippen molar-refractivity contribution in [1.82, 2.24) is 15.5 Å². The smallest absolute Gasteiger partial charge is 0.0695 e. The number of aryl methyl sites for hydroxylation is 2. The molecule has 0 saturated heterocycles. The second kappa shape index (κ2) is 7.95. The van der Waals surface area contributed by atoms with E-state index in [0.717, 1.165) is 31.5 Å². The zero-order chi connectivity index (χ0) is 17.7. The van der Waals surface area contributed by atoms with Crippen LogP contribution in [0.1, 0.15) is 56.7 Å². The quantitative estimate of drug-likeness (QED) is 0.683. The summed E-state index contributed by atoms with van der Waals surface area (Å²) in [6.45, 7) is 11.0. The Balaban J connectivity index is 1.92. The molecule has 0 bridgehead atoms. The van der Waals surface area contributed by atoms with E-state index in [1.54, 1.807) is 0 Å². The summed E-state index contributed by atoms with van der Waals surface area (Å²) in [6.07, 6.45) is 4.81. The highest BCUT2D eigenvalue weighted by Crippen LogP contribution is 2.23. The van der Waals surface area contributed by atoms with Gasteiger partial charge >= 0.3 is 0 Å². The summed E-state index contributed by atoms with van der Waals surface area (Å²) in [5.41, 5.74) is 5.49. The van der Waals surface area contributed by atoms with E-state index >= 15 is 0 Å². The SMILES string of the molecule is Cc1ccc(-c2[nH]ncc2CN[C@H](C)CCCC(C)(C)O)cc1C. The van der Waals surface area contributed by atoms with E-state index in [4.69, 9.17) is 0 Å². The zero-order valence-electron chi connectivity index (χ0n) is 15.6. The highest BCUT2D eigenvalue weighted by Gasteiger charge is 2.13. The number of H-pyrrole nitrogens is 1. The van der Waals surface area contributed by atoms with Crippen LogP contribution < -0.4 is 5.32 Å². The van der Waals surface area contributed by atoms with Crippen LogP contribution in [0.4, 0.5) is 0 Å². The molecule has 0 unspecified atom stereocenters. The van der Waals surface area contributed by atoms with Crippen molar-refractivity contribution < 1.29 is 5.11 Å². The van der Waals surface area contributed by atoms with Crippen LogP contribution in [0.15, 0.2) is 24.4 Å². The molecule has 1 heterocycles. The lowest BCUT2D eigenvalue weighted by atomic mass is 9.99. The predicted octanol–water partition coefficient (Wildman–Crippen LogP) is 4.11. The summed E-state index contributed by atoms with van der Waals surface area (Å²) >= 11 is 0. The first kappa shape index (κ1) is 18.7. The van der Waals surface area contributed by atoms with Crippen LogP contribution in [-0.4, -0.2) is 26.9 Å². The van der Waals surface area contributed by atoms with Crippen LogP contribution in [0.5, 0.6) is 0 Å². The Labute approximate surface area is 145 Å².